The SMILES string of the molecule is CC1(C)OB(c2ccc3c(c2)C2(CCCCC2)c2ccccc2-3)OC1(C)C.Clc1cccc(-c2cccc(-c3cc(-c4ccc(-c5ccccc5)cc4)nc(-c4ccccc4)n3)c2)c1.c1ccc(-c2ccc(-c3cc(-c4cccc(-c5cccc(-c6ccc7c(c6)C6(CCCCC6)c6ccccc6-7)c5)c4)nc(-c4ccccc4)n3)cc2)cc1. The first-order valence-electron chi connectivity index (χ1n) is 41.9. The van der Waals surface area contributed by atoms with Crippen molar-refractivity contribution in [3.8, 4) is 146 Å². The van der Waals surface area contributed by atoms with Crippen LogP contribution in [-0.2, 0) is 20.1 Å². The Kier molecular flexibility index (Phi) is 20.6. The Morgan fingerprint density at radius 1 is 0.237 bits per heavy atom. The summed E-state index contributed by atoms with van der Waals surface area (Å²) in [5, 5.41) is 0.720. The van der Waals surface area contributed by atoms with Gasteiger partial charge in [-0.2, -0.15) is 0 Å². The van der Waals surface area contributed by atoms with Crippen LogP contribution in [0.25, 0.3) is 146 Å². The second-order valence-corrected chi connectivity index (χ2v) is 33.8. The lowest BCUT2D eigenvalue weighted by Gasteiger charge is -2.36. The minimum Gasteiger partial charge on any atom is -0.399 e. The second kappa shape index (κ2) is 32.2. The third-order valence-electron chi connectivity index (χ3n) is 25.6. The van der Waals surface area contributed by atoms with E-state index in [-0.39, 0.29) is 29.2 Å². The highest BCUT2D eigenvalue weighted by Gasteiger charge is 2.53. The smallest absolute Gasteiger partial charge is 0.399 e. The Morgan fingerprint density at radius 2 is 0.534 bits per heavy atom. The largest absolute Gasteiger partial charge is 0.494 e. The van der Waals surface area contributed by atoms with E-state index in [1.165, 1.54) is 153 Å². The molecule has 0 atom stereocenters. The molecule has 1 aliphatic heterocycles. The van der Waals surface area contributed by atoms with Crippen molar-refractivity contribution < 1.29 is 9.31 Å². The number of nitrogens with zero attached hydrogens (tertiary/aromatic N) is 4. The van der Waals surface area contributed by atoms with Crippen molar-refractivity contribution >= 4 is 24.2 Å². The monoisotopic (exact) mass is 1550 g/mol. The second-order valence-electron chi connectivity index (χ2n) is 33.3. The highest BCUT2D eigenvalue weighted by atomic mass is 35.5. The van der Waals surface area contributed by atoms with Gasteiger partial charge in [0, 0.05) is 49.2 Å². The quantitative estimate of drug-likeness (QED) is 0.114. The Labute approximate surface area is 699 Å². The van der Waals surface area contributed by atoms with Gasteiger partial charge in [0.05, 0.1) is 34.0 Å². The number of fused-ring (bicyclic) bond motifs is 10. The molecule has 0 unspecified atom stereocenters. The molecular weight excluding hydrogens is 1460 g/mol. The van der Waals surface area contributed by atoms with Crippen LogP contribution in [0, 0.1) is 0 Å². The predicted octanol–water partition coefficient (Wildman–Crippen LogP) is 28.4. The number of aromatic nitrogens is 4. The zero-order valence-corrected chi connectivity index (χ0v) is 68.0. The Morgan fingerprint density at radius 3 is 0.958 bits per heavy atom. The van der Waals surface area contributed by atoms with Gasteiger partial charge < -0.3 is 9.31 Å². The summed E-state index contributed by atoms with van der Waals surface area (Å²) >= 11 is 6.26. The molecule has 0 amide bonds. The summed E-state index contributed by atoms with van der Waals surface area (Å²) in [5.41, 5.74) is 34.2. The standard InChI is InChI=1S/C52H40N2.C34H23ClN2.C24H29BO2/c1-4-14-36(15-5-1)37-24-26-38(27-25-37)49-35-50(54-51(53-49)39-16-6-2-7-17-39)44-21-13-20-42(33-44)40-18-12-19-41(32-40)43-28-29-46-45-22-8-9-23-47(45)52(48(46)34-43)30-10-3-11-31-52;35-31-16-8-14-29(22-31)28-13-7-15-30(21-28)33-23-32(36-34(37-33)27-11-5-2-6-12-27)26-19-17-25(18-20-26)24-9-3-1-4-10-24;1-22(2)23(3,4)27-25(26-22)17-12-13-19-18-10-6-7-11-20(18)24(21(19)16-17)14-8-5-9-15-24/h1-2,4-9,12-29,32-35H,3,10-11,30-31H2;1-23H;6-7,10-13,16H,5,8-9,14-15H2,1-4H3. The molecule has 0 bridgehead atoms. The van der Waals surface area contributed by atoms with Gasteiger partial charge in [-0.3, -0.25) is 0 Å². The van der Waals surface area contributed by atoms with E-state index in [1.54, 1.807) is 0 Å². The maximum Gasteiger partial charge on any atom is 0.494 e. The van der Waals surface area contributed by atoms with Crippen molar-refractivity contribution in [2.75, 3.05) is 0 Å². The summed E-state index contributed by atoms with van der Waals surface area (Å²) in [7, 11) is -0.287. The van der Waals surface area contributed by atoms with Crippen LogP contribution < -0.4 is 5.46 Å². The first kappa shape index (κ1) is 75.5. The summed E-state index contributed by atoms with van der Waals surface area (Å²) in [6.45, 7) is 8.50. The van der Waals surface area contributed by atoms with Crippen molar-refractivity contribution in [1.29, 1.82) is 0 Å². The Bertz CT molecular complexity index is 6320. The zero-order valence-electron chi connectivity index (χ0n) is 67.3. The van der Waals surface area contributed by atoms with Gasteiger partial charge in [-0.05, 0) is 208 Å². The van der Waals surface area contributed by atoms with E-state index in [0.717, 1.165) is 83.6 Å². The minimum absolute atomic E-state index is 0.144. The van der Waals surface area contributed by atoms with Crippen molar-refractivity contribution in [1.82, 2.24) is 19.9 Å². The molecule has 0 radical (unpaired) electrons. The first-order chi connectivity index (χ1) is 57.8. The molecule has 14 aromatic carbocycles. The molecule has 4 aliphatic carbocycles. The lowest BCUT2D eigenvalue weighted by atomic mass is 9.66. The molecule has 2 spiro atoms. The molecule has 2 aromatic heterocycles. The van der Waals surface area contributed by atoms with Gasteiger partial charge in [0.15, 0.2) is 11.6 Å². The molecule has 5 aliphatic rings. The van der Waals surface area contributed by atoms with Crippen LogP contribution in [0.1, 0.15) is 114 Å². The third kappa shape index (κ3) is 14.9. The average molecular weight is 1550 g/mol. The van der Waals surface area contributed by atoms with E-state index in [4.69, 9.17) is 40.8 Å². The summed E-state index contributed by atoms with van der Waals surface area (Å²) in [6.07, 6.45) is 12.9. The molecule has 0 N–H and O–H groups in total. The lowest BCUT2D eigenvalue weighted by molar-refractivity contribution is 0.00578. The van der Waals surface area contributed by atoms with Crippen LogP contribution in [0.5, 0.6) is 0 Å². The fourth-order valence-corrected chi connectivity index (χ4v) is 18.9. The first-order valence-corrected chi connectivity index (χ1v) is 42.3. The molecule has 8 heteroatoms. The molecule has 118 heavy (non-hydrogen) atoms. The lowest BCUT2D eigenvalue weighted by Crippen LogP contribution is -2.41. The van der Waals surface area contributed by atoms with E-state index in [2.05, 4.69) is 319 Å². The van der Waals surface area contributed by atoms with E-state index in [1.807, 2.05) is 72.8 Å². The highest BCUT2D eigenvalue weighted by molar-refractivity contribution is 6.62. The maximum atomic E-state index is 6.34. The number of hydrogen-bond donors (Lipinski definition) is 0. The normalized spacial score (nSPS) is 15.3. The van der Waals surface area contributed by atoms with Crippen LogP contribution in [0.2, 0.25) is 5.02 Å². The van der Waals surface area contributed by atoms with Crippen LogP contribution in [0.4, 0.5) is 0 Å². The molecule has 2 saturated carbocycles. The summed E-state index contributed by atoms with van der Waals surface area (Å²) < 4.78 is 12.7. The fourth-order valence-electron chi connectivity index (χ4n) is 18.7. The van der Waals surface area contributed by atoms with Gasteiger partial charge in [0.1, 0.15) is 0 Å². The predicted molar refractivity (Wildman–Crippen MR) is 490 cm³/mol. The average Bonchev–Trinajstić information content (AvgIpc) is 1.56. The third-order valence-corrected chi connectivity index (χ3v) is 25.8. The van der Waals surface area contributed by atoms with Crippen molar-refractivity contribution in [2.45, 2.75) is 114 Å². The Balaban J connectivity index is 0.000000125. The van der Waals surface area contributed by atoms with Crippen LogP contribution in [0.15, 0.2) is 364 Å². The molecule has 574 valence electrons. The molecule has 3 heterocycles. The van der Waals surface area contributed by atoms with E-state index in [0.29, 0.717) is 5.82 Å². The van der Waals surface area contributed by atoms with Gasteiger partial charge in [-0.15, -0.1) is 0 Å². The highest BCUT2D eigenvalue weighted by Crippen LogP contribution is 2.58. The number of hydrogen-bond acceptors (Lipinski definition) is 6. The van der Waals surface area contributed by atoms with E-state index < -0.39 is 0 Å². The molecule has 6 nitrogen and oxygen atoms in total. The Hall–Kier alpha value is -12.5. The molecule has 21 rings (SSSR count). The van der Waals surface area contributed by atoms with Crippen molar-refractivity contribution in [3.63, 3.8) is 0 Å². The van der Waals surface area contributed by atoms with Crippen molar-refractivity contribution in [3.05, 3.63) is 391 Å². The van der Waals surface area contributed by atoms with Crippen LogP contribution in [-0.4, -0.2) is 38.3 Å². The molecular formula is C110H92BClN4O2. The number of rotatable bonds is 12. The van der Waals surface area contributed by atoms with Crippen molar-refractivity contribution in [2.24, 2.45) is 0 Å². The van der Waals surface area contributed by atoms with Gasteiger partial charge in [0.25, 0.3) is 0 Å². The zero-order chi connectivity index (χ0) is 79.8. The fraction of sp³-hybridized carbons (Fsp3) is 0.164. The van der Waals surface area contributed by atoms with E-state index >= 15 is 0 Å². The van der Waals surface area contributed by atoms with E-state index in [9.17, 15) is 0 Å². The summed E-state index contributed by atoms with van der Waals surface area (Å²) in [6, 6.07) is 129. The van der Waals surface area contributed by atoms with Crippen LogP contribution in [0.3, 0.4) is 0 Å². The molecule has 16 aromatic rings. The maximum absolute atomic E-state index is 6.34. The molecule has 3 fully saturated rings. The van der Waals surface area contributed by atoms with Crippen LogP contribution >= 0.6 is 11.6 Å². The van der Waals surface area contributed by atoms with Gasteiger partial charge >= 0.3 is 7.12 Å². The van der Waals surface area contributed by atoms with Gasteiger partial charge in [-0.1, -0.05) is 366 Å². The summed E-state index contributed by atoms with van der Waals surface area (Å²) in [5.74, 6) is 1.42. The van der Waals surface area contributed by atoms with Gasteiger partial charge in [0.2, 0.25) is 0 Å². The minimum atomic E-state index is -0.303. The van der Waals surface area contributed by atoms with Gasteiger partial charge in [-0.25, -0.2) is 19.9 Å². The summed E-state index contributed by atoms with van der Waals surface area (Å²) in [4.78, 5) is 20.2. The molecule has 1 saturated heterocycles. The topological polar surface area (TPSA) is 70.0 Å². The number of benzene rings is 14. The number of halogens is 1.